The van der Waals surface area contributed by atoms with Gasteiger partial charge in [-0.15, -0.1) is 0 Å². The minimum absolute atomic E-state index is 0.00777. The van der Waals surface area contributed by atoms with Gasteiger partial charge in [-0.2, -0.15) is 8.62 Å². The van der Waals surface area contributed by atoms with E-state index in [2.05, 4.69) is 45.9 Å². The topological polar surface area (TPSA) is 138 Å². The largest absolute Gasteiger partial charge is 0.492 e. The Balaban J connectivity index is 5.15. The molecule has 0 amide bonds. The molecule has 0 radical (unpaired) electrons. The lowest BCUT2D eigenvalue weighted by Gasteiger charge is -2.23. The third-order valence-corrected chi connectivity index (χ3v) is 10.2. The molecule has 0 aromatic carbocycles. The second-order valence-electron chi connectivity index (χ2n) is 10.8. The van der Waals surface area contributed by atoms with Crippen molar-refractivity contribution < 1.29 is 45.7 Å². The number of phosphoric ester groups is 1. The predicted molar refractivity (Wildman–Crippen MR) is 147 cm³/mol. The lowest BCUT2D eigenvalue weighted by molar-refractivity contribution is 0.120. The SMILES string of the molecule is CC(C)CCCCCOP(=O)(OCCCCCC(C)C)OP(=O)(OCCCCCC(C)C)OP(=O)(O)O. The number of hydrogen-bond donors (Lipinski definition) is 2. The van der Waals surface area contributed by atoms with E-state index in [1.807, 2.05) is 0 Å². The first-order valence-electron chi connectivity index (χ1n) is 13.8. The van der Waals surface area contributed by atoms with Crippen LogP contribution in [0.5, 0.6) is 0 Å². The highest BCUT2D eigenvalue weighted by Gasteiger charge is 2.45. The summed E-state index contributed by atoms with van der Waals surface area (Å²) in [6.07, 6.45) is 10.0. The maximum atomic E-state index is 13.4. The van der Waals surface area contributed by atoms with Crippen molar-refractivity contribution in [3.8, 4) is 0 Å². The van der Waals surface area contributed by atoms with Crippen LogP contribution < -0.4 is 0 Å². The van der Waals surface area contributed by atoms with E-state index in [4.69, 9.17) is 17.9 Å². The average Bonchev–Trinajstić information content (AvgIpc) is 2.73. The molecule has 0 aliphatic carbocycles. The maximum absolute atomic E-state index is 13.4. The summed E-state index contributed by atoms with van der Waals surface area (Å²) in [6.45, 7) is 12.6. The summed E-state index contributed by atoms with van der Waals surface area (Å²) in [5, 5.41) is 0. The number of hydrogen-bond acceptors (Lipinski definition) is 8. The molecule has 13 heteroatoms. The zero-order valence-electron chi connectivity index (χ0n) is 23.8. The summed E-state index contributed by atoms with van der Waals surface area (Å²) in [4.78, 5) is 18.5. The molecule has 0 saturated carbocycles. The average molecular weight is 595 g/mol. The van der Waals surface area contributed by atoms with E-state index in [1.54, 1.807) is 0 Å². The summed E-state index contributed by atoms with van der Waals surface area (Å²) in [5.41, 5.74) is 0. The molecule has 0 aliphatic heterocycles. The van der Waals surface area contributed by atoms with Gasteiger partial charge in [0.25, 0.3) is 0 Å². The van der Waals surface area contributed by atoms with Gasteiger partial charge in [-0.3, -0.25) is 13.6 Å². The third kappa shape index (κ3) is 24.0. The Labute approximate surface area is 225 Å². The molecule has 1 unspecified atom stereocenters. The molecular weight excluding hydrogens is 541 g/mol. The predicted octanol–water partition coefficient (Wildman–Crippen LogP) is 9.03. The van der Waals surface area contributed by atoms with Crippen molar-refractivity contribution in [3.05, 3.63) is 0 Å². The molecule has 10 nitrogen and oxygen atoms in total. The fourth-order valence-electron chi connectivity index (χ4n) is 3.42. The fraction of sp³-hybridized carbons (Fsp3) is 1.00. The van der Waals surface area contributed by atoms with Crippen molar-refractivity contribution in [2.75, 3.05) is 19.8 Å². The third-order valence-electron chi connectivity index (χ3n) is 5.43. The molecule has 0 heterocycles. The minimum Gasteiger partial charge on any atom is -0.302 e. The Morgan fingerprint density at radius 1 is 0.486 bits per heavy atom. The fourth-order valence-corrected chi connectivity index (χ4v) is 7.72. The zero-order valence-corrected chi connectivity index (χ0v) is 26.5. The molecule has 37 heavy (non-hydrogen) atoms. The van der Waals surface area contributed by atoms with Crippen LogP contribution in [0.25, 0.3) is 0 Å². The zero-order chi connectivity index (χ0) is 28.4. The standard InChI is InChI=1S/C24H53O10P3/c1-22(2)16-10-7-13-19-30-36(28,31-20-14-8-11-17-23(3)4)34-37(29,33-35(25,26)27)32-21-15-9-12-18-24(5)6/h22-24H,7-21H2,1-6H3,(H2,25,26,27). The second-order valence-corrected chi connectivity index (χ2v) is 15.6. The van der Waals surface area contributed by atoms with E-state index in [0.717, 1.165) is 57.8 Å². The monoisotopic (exact) mass is 594 g/mol. The smallest absolute Gasteiger partial charge is 0.302 e. The summed E-state index contributed by atoms with van der Waals surface area (Å²) in [7, 11) is -14.7. The molecular formula is C24H53O10P3. The van der Waals surface area contributed by atoms with Gasteiger partial charge in [0.05, 0.1) is 19.8 Å². The first-order valence-corrected chi connectivity index (χ1v) is 18.2. The molecule has 224 valence electrons. The highest BCUT2D eigenvalue weighted by molar-refractivity contribution is 7.67. The van der Waals surface area contributed by atoms with Crippen LogP contribution in [0.2, 0.25) is 0 Å². The van der Waals surface area contributed by atoms with Crippen molar-refractivity contribution in [1.82, 2.24) is 0 Å². The highest BCUT2D eigenvalue weighted by Crippen LogP contribution is 2.70. The summed E-state index contributed by atoms with van der Waals surface area (Å²) in [5.74, 6) is 1.70. The first kappa shape index (κ1) is 37.4. The molecule has 0 rings (SSSR count). The first-order chi connectivity index (χ1) is 17.2. The van der Waals surface area contributed by atoms with Crippen LogP contribution >= 0.6 is 23.5 Å². The normalized spacial score (nSPS) is 14.7. The van der Waals surface area contributed by atoms with E-state index in [0.29, 0.717) is 37.0 Å². The molecule has 1 atom stereocenters. The summed E-state index contributed by atoms with van der Waals surface area (Å²) >= 11 is 0. The van der Waals surface area contributed by atoms with Gasteiger partial charge in [0.1, 0.15) is 0 Å². The molecule has 0 spiro atoms. The summed E-state index contributed by atoms with van der Waals surface area (Å²) < 4.78 is 63.3. The van der Waals surface area contributed by atoms with Gasteiger partial charge in [-0.05, 0) is 37.0 Å². The second kappa shape index (κ2) is 20.3. The number of rotatable bonds is 25. The molecule has 0 aromatic heterocycles. The van der Waals surface area contributed by atoms with Crippen LogP contribution in [0.1, 0.15) is 119 Å². The molecule has 0 aliphatic rings. The van der Waals surface area contributed by atoms with Gasteiger partial charge < -0.3 is 9.79 Å². The maximum Gasteiger partial charge on any atom is 0.492 e. The van der Waals surface area contributed by atoms with Crippen molar-refractivity contribution >= 4 is 23.5 Å². The lowest BCUT2D eigenvalue weighted by Crippen LogP contribution is -2.06. The Kier molecular flexibility index (Phi) is 20.5. The van der Waals surface area contributed by atoms with Gasteiger partial charge in [0, 0.05) is 0 Å². The van der Waals surface area contributed by atoms with Crippen LogP contribution in [0.3, 0.4) is 0 Å². The van der Waals surface area contributed by atoms with Gasteiger partial charge >= 0.3 is 23.5 Å². The van der Waals surface area contributed by atoms with E-state index >= 15 is 0 Å². The van der Waals surface area contributed by atoms with Crippen molar-refractivity contribution in [3.63, 3.8) is 0 Å². The lowest BCUT2D eigenvalue weighted by atomic mass is 10.1. The van der Waals surface area contributed by atoms with Gasteiger partial charge in [0.2, 0.25) is 0 Å². The van der Waals surface area contributed by atoms with E-state index in [9.17, 15) is 23.5 Å². The van der Waals surface area contributed by atoms with Crippen LogP contribution in [0.15, 0.2) is 0 Å². The quantitative estimate of drug-likeness (QED) is 0.0777. The number of unbranched alkanes of at least 4 members (excludes halogenated alkanes) is 6. The molecule has 0 aromatic rings. The Morgan fingerprint density at radius 2 is 0.811 bits per heavy atom. The van der Waals surface area contributed by atoms with E-state index in [1.165, 1.54) is 0 Å². The molecule has 0 saturated heterocycles. The van der Waals surface area contributed by atoms with E-state index in [-0.39, 0.29) is 19.8 Å². The number of phosphoric acid groups is 3. The van der Waals surface area contributed by atoms with Crippen molar-refractivity contribution in [1.29, 1.82) is 0 Å². The van der Waals surface area contributed by atoms with Gasteiger partial charge in [0.15, 0.2) is 0 Å². The highest BCUT2D eigenvalue weighted by atomic mass is 31.3. The Hall–Kier alpha value is 0.410. The van der Waals surface area contributed by atoms with Crippen molar-refractivity contribution in [2.45, 2.75) is 119 Å². The van der Waals surface area contributed by atoms with Crippen LogP contribution in [0.4, 0.5) is 0 Å². The van der Waals surface area contributed by atoms with Crippen LogP contribution in [-0.4, -0.2) is 29.6 Å². The van der Waals surface area contributed by atoms with E-state index < -0.39 is 23.5 Å². The molecule has 0 bridgehead atoms. The molecule has 2 N–H and O–H groups in total. The van der Waals surface area contributed by atoms with Gasteiger partial charge in [-0.1, -0.05) is 99.3 Å². The molecule has 0 fully saturated rings. The minimum atomic E-state index is -5.29. The Morgan fingerprint density at radius 3 is 1.11 bits per heavy atom. The van der Waals surface area contributed by atoms with Crippen molar-refractivity contribution in [2.24, 2.45) is 17.8 Å². The van der Waals surface area contributed by atoms with Crippen LogP contribution in [0, 0.1) is 17.8 Å². The Bertz CT molecular complexity index is 685. The van der Waals surface area contributed by atoms with Crippen LogP contribution in [-0.2, 0) is 35.9 Å². The van der Waals surface area contributed by atoms with Gasteiger partial charge in [-0.25, -0.2) is 13.7 Å². The summed E-state index contributed by atoms with van der Waals surface area (Å²) in [6, 6.07) is 0.